The Kier molecular flexibility index (Phi) is 5.95. The van der Waals surface area contributed by atoms with Crippen molar-refractivity contribution >= 4 is 46.4 Å². The van der Waals surface area contributed by atoms with Crippen LogP contribution in [0, 0.1) is 0 Å². The lowest BCUT2D eigenvalue weighted by molar-refractivity contribution is -0.116. The van der Waals surface area contributed by atoms with Gasteiger partial charge in [0, 0.05) is 11.4 Å². The summed E-state index contributed by atoms with van der Waals surface area (Å²) < 4.78 is 5.19. The average molecular weight is 359 g/mol. The first-order valence-electron chi connectivity index (χ1n) is 6.57. The van der Waals surface area contributed by atoms with Gasteiger partial charge in [0.25, 0.3) is 0 Å². The lowest BCUT2D eigenvalue weighted by Crippen LogP contribution is -2.13. The predicted octanol–water partition coefficient (Wildman–Crippen LogP) is 5.23. The molecule has 0 aliphatic carbocycles. The molecule has 0 aliphatic heterocycles. The molecule has 0 unspecified atom stereocenters. The maximum atomic E-state index is 12.0. The van der Waals surface area contributed by atoms with Crippen LogP contribution in [0.25, 0.3) is 0 Å². The van der Waals surface area contributed by atoms with Gasteiger partial charge in [-0.2, -0.15) is 0 Å². The average Bonchev–Trinajstić information content (AvgIpc) is 2.49. The van der Waals surface area contributed by atoms with E-state index in [9.17, 15) is 4.79 Å². The van der Waals surface area contributed by atoms with Gasteiger partial charge < -0.3 is 10.1 Å². The van der Waals surface area contributed by atoms with E-state index in [1.807, 2.05) is 6.07 Å². The molecule has 0 atom stereocenters. The molecule has 3 nitrogen and oxygen atoms in total. The Hall–Kier alpha value is -1.42. The Bertz CT molecular complexity index is 689. The molecule has 2 aromatic rings. The first-order valence-corrected chi connectivity index (χ1v) is 7.70. The Labute approximate surface area is 144 Å². The number of hydrogen-bond acceptors (Lipinski definition) is 2. The van der Waals surface area contributed by atoms with Crippen LogP contribution < -0.4 is 10.1 Å². The van der Waals surface area contributed by atoms with Crippen molar-refractivity contribution in [2.24, 2.45) is 0 Å². The van der Waals surface area contributed by atoms with E-state index in [0.717, 1.165) is 5.56 Å². The second-order valence-corrected chi connectivity index (χ2v) is 5.89. The van der Waals surface area contributed by atoms with Crippen LogP contribution in [-0.2, 0) is 11.2 Å². The normalized spacial score (nSPS) is 10.4. The highest BCUT2D eigenvalue weighted by Crippen LogP contribution is 2.28. The van der Waals surface area contributed by atoms with E-state index >= 15 is 0 Å². The molecule has 0 bridgehead atoms. The largest absolute Gasteiger partial charge is 0.495 e. The molecule has 2 aromatic carbocycles. The van der Waals surface area contributed by atoms with Crippen molar-refractivity contribution in [3.05, 3.63) is 57.0 Å². The highest BCUT2D eigenvalue weighted by molar-refractivity contribution is 6.42. The van der Waals surface area contributed by atoms with Gasteiger partial charge in [-0.25, -0.2) is 0 Å². The molecule has 0 radical (unpaired) electrons. The van der Waals surface area contributed by atoms with Crippen molar-refractivity contribution < 1.29 is 9.53 Å². The predicted molar refractivity (Wildman–Crippen MR) is 91.4 cm³/mol. The summed E-state index contributed by atoms with van der Waals surface area (Å²) in [4.78, 5) is 12.0. The first-order chi connectivity index (χ1) is 10.5. The molecular weight excluding hydrogens is 345 g/mol. The fourth-order valence-corrected chi connectivity index (χ4v) is 2.44. The van der Waals surface area contributed by atoms with E-state index in [1.165, 1.54) is 7.11 Å². The summed E-state index contributed by atoms with van der Waals surface area (Å²) in [6.07, 6.45) is 0.874. The van der Waals surface area contributed by atoms with E-state index in [0.29, 0.717) is 39.3 Å². The molecule has 0 saturated heterocycles. The molecule has 22 heavy (non-hydrogen) atoms. The van der Waals surface area contributed by atoms with E-state index < -0.39 is 0 Å². The minimum absolute atomic E-state index is 0.133. The Morgan fingerprint density at radius 1 is 1.09 bits per heavy atom. The summed E-state index contributed by atoms with van der Waals surface area (Å²) in [5.41, 5.74) is 1.50. The summed E-state index contributed by atoms with van der Waals surface area (Å²) >= 11 is 17.7. The summed E-state index contributed by atoms with van der Waals surface area (Å²) in [6, 6.07) is 10.4. The maximum absolute atomic E-state index is 12.0. The molecular formula is C16H14Cl3NO2. The first kappa shape index (κ1) is 16.9. The van der Waals surface area contributed by atoms with Gasteiger partial charge in [0.2, 0.25) is 5.91 Å². The lowest BCUT2D eigenvalue weighted by atomic mass is 10.1. The third-order valence-corrected chi connectivity index (χ3v) is 4.03. The zero-order valence-electron chi connectivity index (χ0n) is 11.8. The molecule has 0 spiro atoms. The molecule has 0 heterocycles. The molecule has 116 valence electrons. The monoisotopic (exact) mass is 357 g/mol. The zero-order chi connectivity index (χ0) is 16.1. The molecule has 2 rings (SSSR count). The number of rotatable bonds is 5. The quantitative estimate of drug-likeness (QED) is 0.795. The molecule has 1 amide bonds. The van der Waals surface area contributed by atoms with Crippen LogP contribution >= 0.6 is 34.8 Å². The molecule has 0 aliphatic rings. The van der Waals surface area contributed by atoms with Gasteiger partial charge in [-0.05, 0) is 42.3 Å². The number of carbonyl (C=O) groups excluding carboxylic acids is 1. The van der Waals surface area contributed by atoms with Crippen LogP contribution in [-0.4, -0.2) is 13.0 Å². The van der Waals surface area contributed by atoms with Crippen LogP contribution in [0.3, 0.4) is 0 Å². The Morgan fingerprint density at radius 3 is 2.55 bits per heavy atom. The number of anilines is 1. The number of hydrogen-bond donors (Lipinski definition) is 1. The van der Waals surface area contributed by atoms with Crippen LogP contribution in [0.1, 0.15) is 12.0 Å². The fourth-order valence-electron chi connectivity index (χ4n) is 1.94. The number of amides is 1. The number of halogens is 3. The van der Waals surface area contributed by atoms with Crippen molar-refractivity contribution in [2.45, 2.75) is 12.8 Å². The molecule has 0 aromatic heterocycles. The van der Waals surface area contributed by atoms with Gasteiger partial charge in [-0.15, -0.1) is 0 Å². The summed E-state index contributed by atoms with van der Waals surface area (Å²) in [5.74, 6) is 0.430. The van der Waals surface area contributed by atoms with E-state index in [2.05, 4.69) is 5.32 Å². The van der Waals surface area contributed by atoms with Crippen molar-refractivity contribution in [3.8, 4) is 5.75 Å². The van der Waals surface area contributed by atoms with Crippen LogP contribution in [0.4, 0.5) is 5.69 Å². The van der Waals surface area contributed by atoms with Gasteiger partial charge in [0.15, 0.2) is 0 Å². The van der Waals surface area contributed by atoms with Crippen molar-refractivity contribution in [1.29, 1.82) is 0 Å². The molecule has 0 saturated carbocycles. The van der Waals surface area contributed by atoms with Gasteiger partial charge >= 0.3 is 0 Å². The number of aryl methyl sites for hydroxylation is 1. The second kappa shape index (κ2) is 7.73. The highest BCUT2D eigenvalue weighted by atomic mass is 35.5. The SMILES string of the molecule is COc1ccc(Cl)cc1NC(=O)CCc1ccc(Cl)c(Cl)c1. The van der Waals surface area contributed by atoms with Crippen molar-refractivity contribution in [1.82, 2.24) is 0 Å². The summed E-state index contributed by atoms with van der Waals surface area (Å²) in [7, 11) is 1.54. The number of ether oxygens (including phenoxy) is 1. The van der Waals surface area contributed by atoms with Gasteiger partial charge in [0.05, 0.1) is 22.8 Å². The highest BCUT2D eigenvalue weighted by Gasteiger charge is 2.09. The van der Waals surface area contributed by atoms with Crippen LogP contribution in [0.5, 0.6) is 5.75 Å². The van der Waals surface area contributed by atoms with Gasteiger partial charge in [-0.1, -0.05) is 40.9 Å². The Morgan fingerprint density at radius 2 is 1.86 bits per heavy atom. The summed E-state index contributed by atoms with van der Waals surface area (Å²) in [6.45, 7) is 0. The molecule has 6 heteroatoms. The van der Waals surface area contributed by atoms with E-state index in [-0.39, 0.29) is 5.91 Å². The van der Waals surface area contributed by atoms with Gasteiger partial charge in [-0.3, -0.25) is 4.79 Å². The maximum Gasteiger partial charge on any atom is 0.224 e. The number of methoxy groups -OCH3 is 1. The third kappa shape index (κ3) is 4.54. The standard InChI is InChI=1S/C16H14Cl3NO2/c1-22-15-6-4-11(17)9-14(15)20-16(21)7-3-10-2-5-12(18)13(19)8-10/h2,4-6,8-9H,3,7H2,1H3,(H,20,21). The third-order valence-electron chi connectivity index (χ3n) is 3.06. The number of benzene rings is 2. The fraction of sp³-hybridized carbons (Fsp3) is 0.188. The lowest BCUT2D eigenvalue weighted by Gasteiger charge is -2.10. The number of carbonyl (C=O) groups is 1. The Balaban J connectivity index is 1.98. The van der Waals surface area contributed by atoms with Gasteiger partial charge in [0.1, 0.15) is 5.75 Å². The number of nitrogens with one attached hydrogen (secondary N) is 1. The van der Waals surface area contributed by atoms with E-state index in [1.54, 1.807) is 30.3 Å². The zero-order valence-corrected chi connectivity index (χ0v) is 14.1. The second-order valence-electron chi connectivity index (χ2n) is 4.64. The molecule has 0 fully saturated rings. The minimum Gasteiger partial charge on any atom is -0.495 e. The van der Waals surface area contributed by atoms with Crippen molar-refractivity contribution in [2.75, 3.05) is 12.4 Å². The van der Waals surface area contributed by atoms with Crippen molar-refractivity contribution in [3.63, 3.8) is 0 Å². The van der Waals surface area contributed by atoms with E-state index in [4.69, 9.17) is 39.5 Å². The minimum atomic E-state index is -0.133. The molecule has 1 N–H and O–H groups in total. The van der Waals surface area contributed by atoms with Crippen LogP contribution in [0.2, 0.25) is 15.1 Å². The smallest absolute Gasteiger partial charge is 0.224 e. The summed E-state index contributed by atoms with van der Waals surface area (Å²) in [5, 5.41) is 4.30. The topological polar surface area (TPSA) is 38.3 Å². The van der Waals surface area contributed by atoms with Crippen LogP contribution in [0.15, 0.2) is 36.4 Å².